The highest BCUT2D eigenvalue weighted by Crippen LogP contribution is 2.56. The molecule has 1 unspecified atom stereocenters. The van der Waals surface area contributed by atoms with Gasteiger partial charge >= 0.3 is 5.97 Å². The molecule has 1 atom stereocenters. The molecule has 1 aliphatic carbocycles. The lowest BCUT2D eigenvalue weighted by Gasteiger charge is -2.25. The van der Waals surface area contributed by atoms with Crippen LogP contribution < -0.4 is 0 Å². The van der Waals surface area contributed by atoms with E-state index in [1.807, 2.05) is 0 Å². The third kappa shape index (κ3) is 1.86. The molecule has 6 heteroatoms. The van der Waals surface area contributed by atoms with E-state index < -0.39 is 19.6 Å². The average molecular weight is 367 g/mol. The molecule has 1 fully saturated rings. The number of hydrogen-bond donors (Lipinski definition) is 2. The van der Waals surface area contributed by atoms with E-state index in [1.54, 1.807) is 0 Å². The SMILES string of the molecule is O=C(O)C1(C(O)C(Br)(Br)Br)CC1. The molecule has 0 radical (unpaired) electrons. The number of carboxylic acid groups (broad SMARTS) is 1. The monoisotopic (exact) mass is 364 g/mol. The van der Waals surface area contributed by atoms with E-state index in [0.29, 0.717) is 12.8 Å². The Labute approximate surface area is 94.9 Å². The molecule has 0 heterocycles. The predicted octanol–water partition coefficient (Wildman–Crippen LogP) is 2.05. The predicted molar refractivity (Wildman–Crippen MR) is 54.8 cm³/mol. The maximum Gasteiger partial charge on any atom is 0.312 e. The highest BCUT2D eigenvalue weighted by Gasteiger charge is 2.60. The third-order valence-corrected chi connectivity index (χ3v) is 3.35. The molecule has 0 aliphatic heterocycles. The van der Waals surface area contributed by atoms with Gasteiger partial charge in [0.25, 0.3) is 0 Å². The van der Waals surface area contributed by atoms with Crippen LogP contribution in [0.2, 0.25) is 0 Å². The van der Waals surface area contributed by atoms with Crippen LogP contribution in [0.25, 0.3) is 0 Å². The van der Waals surface area contributed by atoms with Crippen molar-refractivity contribution in [2.24, 2.45) is 5.41 Å². The summed E-state index contributed by atoms with van der Waals surface area (Å²) in [5.74, 6) is -0.947. The topological polar surface area (TPSA) is 57.5 Å². The number of aliphatic hydroxyl groups excluding tert-OH is 1. The van der Waals surface area contributed by atoms with Crippen molar-refractivity contribution < 1.29 is 15.0 Å². The summed E-state index contributed by atoms with van der Waals surface area (Å²) in [6.45, 7) is 0. The second-order valence-corrected chi connectivity index (χ2v) is 9.85. The lowest BCUT2D eigenvalue weighted by molar-refractivity contribution is -0.147. The van der Waals surface area contributed by atoms with E-state index in [4.69, 9.17) is 5.11 Å². The van der Waals surface area contributed by atoms with Crippen molar-refractivity contribution >= 4 is 53.8 Å². The molecule has 0 saturated heterocycles. The summed E-state index contributed by atoms with van der Waals surface area (Å²) in [4.78, 5) is 10.7. The average Bonchev–Trinajstić information content (AvgIpc) is 2.62. The molecule has 12 heavy (non-hydrogen) atoms. The van der Waals surface area contributed by atoms with E-state index in [9.17, 15) is 9.90 Å². The van der Waals surface area contributed by atoms with E-state index in [0.717, 1.165) is 0 Å². The minimum Gasteiger partial charge on any atom is -0.481 e. The van der Waals surface area contributed by atoms with Gasteiger partial charge in [0, 0.05) is 0 Å². The zero-order valence-electron chi connectivity index (χ0n) is 5.93. The molecule has 0 aromatic carbocycles. The lowest BCUT2D eigenvalue weighted by Crippen LogP contribution is -2.38. The normalized spacial score (nSPS) is 23.3. The summed E-state index contributed by atoms with van der Waals surface area (Å²) in [7, 11) is 0. The highest BCUT2D eigenvalue weighted by molar-refractivity contribution is 9.39. The van der Waals surface area contributed by atoms with Gasteiger partial charge in [0.1, 0.15) is 6.10 Å². The van der Waals surface area contributed by atoms with Crippen LogP contribution in [0.4, 0.5) is 0 Å². The van der Waals surface area contributed by atoms with E-state index in [2.05, 4.69) is 47.8 Å². The Bertz CT molecular complexity index is 207. The van der Waals surface area contributed by atoms with Crippen LogP contribution in [0.15, 0.2) is 0 Å². The van der Waals surface area contributed by atoms with Gasteiger partial charge < -0.3 is 10.2 Å². The molecular formula is C6H7Br3O3. The summed E-state index contributed by atoms with van der Waals surface area (Å²) in [6.07, 6.45) is 0.0600. The molecule has 1 aliphatic rings. The van der Waals surface area contributed by atoms with Crippen LogP contribution in [0, 0.1) is 5.41 Å². The maximum atomic E-state index is 10.7. The van der Waals surface area contributed by atoms with E-state index in [1.165, 1.54) is 0 Å². The van der Waals surface area contributed by atoms with Crippen LogP contribution in [0.5, 0.6) is 0 Å². The zero-order valence-corrected chi connectivity index (χ0v) is 10.7. The largest absolute Gasteiger partial charge is 0.481 e. The highest BCUT2D eigenvalue weighted by atomic mass is 80.0. The van der Waals surface area contributed by atoms with Gasteiger partial charge in [0.15, 0.2) is 2.14 Å². The van der Waals surface area contributed by atoms with Gasteiger partial charge in [0.2, 0.25) is 0 Å². The molecule has 0 aromatic heterocycles. The summed E-state index contributed by atoms with van der Waals surface area (Å²) in [6, 6.07) is 0. The zero-order chi connectivity index (χ0) is 9.57. The first-order valence-electron chi connectivity index (χ1n) is 3.29. The van der Waals surface area contributed by atoms with Crippen molar-refractivity contribution in [3.8, 4) is 0 Å². The van der Waals surface area contributed by atoms with E-state index >= 15 is 0 Å². The van der Waals surface area contributed by atoms with Crippen molar-refractivity contribution in [1.29, 1.82) is 0 Å². The first-order chi connectivity index (χ1) is 5.31. The Balaban J connectivity index is 2.77. The number of halogens is 3. The standard InChI is InChI=1S/C6H7Br3O3/c7-6(8,9)3(10)5(1-2-5)4(11)12/h3,10H,1-2H2,(H,11,12). The molecule has 0 aromatic rings. The Morgan fingerprint density at radius 3 is 1.92 bits per heavy atom. The van der Waals surface area contributed by atoms with Crippen molar-refractivity contribution in [1.82, 2.24) is 0 Å². The summed E-state index contributed by atoms with van der Waals surface area (Å²) in [5.41, 5.74) is -0.976. The van der Waals surface area contributed by atoms with Crippen molar-refractivity contribution in [3.05, 3.63) is 0 Å². The first-order valence-corrected chi connectivity index (χ1v) is 5.67. The number of hydrogen-bond acceptors (Lipinski definition) is 2. The second-order valence-electron chi connectivity index (χ2n) is 2.91. The summed E-state index contributed by atoms with van der Waals surface area (Å²) in [5, 5.41) is 18.4. The number of rotatable bonds is 2. The number of alkyl halides is 3. The van der Waals surface area contributed by atoms with Gasteiger partial charge in [-0.3, -0.25) is 4.79 Å². The smallest absolute Gasteiger partial charge is 0.312 e. The fourth-order valence-corrected chi connectivity index (χ4v) is 2.37. The van der Waals surface area contributed by atoms with Crippen LogP contribution in [0.3, 0.4) is 0 Å². The number of carbonyl (C=O) groups is 1. The van der Waals surface area contributed by atoms with E-state index in [-0.39, 0.29) is 0 Å². The van der Waals surface area contributed by atoms with Gasteiger partial charge in [-0.05, 0) is 12.8 Å². The number of carboxylic acids is 1. The lowest BCUT2D eigenvalue weighted by atomic mass is 10.0. The van der Waals surface area contributed by atoms with Gasteiger partial charge in [-0.25, -0.2) is 0 Å². The molecule has 1 saturated carbocycles. The molecule has 1 rings (SSSR count). The third-order valence-electron chi connectivity index (χ3n) is 2.05. The van der Waals surface area contributed by atoms with Gasteiger partial charge in [0.05, 0.1) is 5.41 Å². The maximum absolute atomic E-state index is 10.7. The number of aliphatic hydroxyl groups is 1. The van der Waals surface area contributed by atoms with Crippen LogP contribution >= 0.6 is 47.8 Å². The van der Waals surface area contributed by atoms with Gasteiger partial charge in [-0.1, -0.05) is 47.8 Å². The Morgan fingerprint density at radius 1 is 1.42 bits per heavy atom. The minimum absolute atomic E-state index is 0.522. The second kappa shape index (κ2) is 3.22. The number of aliphatic carboxylic acids is 1. The van der Waals surface area contributed by atoms with Crippen LogP contribution in [-0.2, 0) is 4.79 Å². The summed E-state index contributed by atoms with van der Waals surface area (Å²) >= 11 is 9.32. The molecular weight excluding hydrogens is 360 g/mol. The Hall–Kier alpha value is 0.870. The van der Waals surface area contributed by atoms with Crippen molar-refractivity contribution in [2.45, 2.75) is 21.1 Å². The molecule has 3 nitrogen and oxygen atoms in total. The quantitative estimate of drug-likeness (QED) is 0.735. The molecule has 0 spiro atoms. The minimum atomic E-state index is -0.984. The Morgan fingerprint density at radius 2 is 1.83 bits per heavy atom. The molecule has 2 N–H and O–H groups in total. The van der Waals surface area contributed by atoms with Crippen molar-refractivity contribution in [3.63, 3.8) is 0 Å². The molecule has 0 amide bonds. The van der Waals surface area contributed by atoms with Gasteiger partial charge in [-0.15, -0.1) is 0 Å². The van der Waals surface area contributed by atoms with Crippen LogP contribution in [-0.4, -0.2) is 24.4 Å². The van der Waals surface area contributed by atoms with Crippen LogP contribution in [0.1, 0.15) is 12.8 Å². The first kappa shape index (κ1) is 10.9. The molecule has 0 bridgehead atoms. The Kier molecular flexibility index (Phi) is 2.94. The summed E-state index contributed by atoms with van der Waals surface area (Å²) < 4.78 is -0.901. The van der Waals surface area contributed by atoms with Gasteiger partial charge in [-0.2, -0.15) is 0 Å². The molecule has 70 valence electrons. The fraction of sp³-hybridized carbons (Fsp3) is 0.833. The van der Waals surface area contributed by atoms with Crippen molar-refractivity contribution in [2.75, 3.05) is 0 Å². The fourth-order valence-electron chi connectivity index (χ4n) is 1.05.